The third-order valence-electron chi connectivity index (χ3n) is 4.56. The van der Waals surface area contributed by atoms with Crippen molar-refractivity contribution in [2.45, 2.75) is 58.5 Å². The average Bonchev–Trinajstić information content (AvgIpc) is 3.14. The van der Waals surface area contributed by atoms with Gasteiger partial charge in [0.1, 0.15) is 5.69 Å². The van der Waals surface area contributed by atoms with E-state index in [1.165, 1.54) is 37.8 Å². The number of amides is 1. The summed E-state index contributed by atoms with van der Waals surface area (Å²) in [6.07, 6.45) is 7.96. The Kier molecular flexibility index (Phi) is 4.27. The minimum absolute atomic E-state index is 0.0434. The third-order valence-corrected chi connectivity index (χ3v) is 4.56. The van der Waals surface area contributed by atoms with Crippen LogP contribution in [0.15, 0.2) is 12.3 Å². The molecule has 3 rings (SSSR count). The largest absolute Gasteiger partial charge is 0.346 e. The smallest absolute Gasteiger partial charge is 0.253 e. The lowest BCUT2D eigenvalue weighted by atomic mass is 9.95. The second-order valence-corrected chi connectivity index (χ2v) is 6.09. The first kappa shape index (κ1) is 14.8. The lowest BCUT2D eigenvalue weighted by molar-refractivity contribution is 0.0949. The second kappa shape index (κ2) is 6.34. The van der Waals surface area contributed by atoms with Crippen LogP contribution in [0.1, 0.15) is 65.6 Å². The van der Waals surface area contributed by atoms with Gasteiger partial charge in [-0.1, -0.05) is 19.3 Å². The number of carbonyl (C=O) groups excluding carboxylic acids is 1. The number of carbonyl (C=O) groups is 1. The van der Waals surface area contributed by atoms with Crippen molar-refractivity contribution in [2.24, 2.45) is 0 Å². The van der Waals surface area contributed by atoms with E-state index in [-0.39, 0.29) is 5.91 Å². The molecule has 0 unspecified atom stereocenters. The number of H-pyrrole nitrogens is 1. The molecule has 22 heavy (non-hydrogen) atoms. The SMILES string of the molecule is Cc1cc(C(=O)NCc2cn[nH]n2)c(C)n1C1CCCCC1. The van der Waals surface area contributed by atoms with Crippen molar-refractivity contribution in [3.63, 3.8) is 0 Å². The first-order chi connectivity index (χ1) is 10.7. The number of hydrogen-bond acceptors (Lipinski definition) is 3. The van der Waals surface area contributed by atoms with Gasteiger partial charge < -0.3 is 9.88 Å². The van der Waals surface area contributed by atoms with Crippen LogP contribution >= 0.6 is 0 Å². The van der Waals surface area contributed by atoms with E-state index in [0.29, 0.717) is 12.6 Å². The van der Waals surface area contributed by atoms with Crippen molar-refractivity contribution in [1.82, 2.24) is 25.3 Å². The highest BCUT2D eigenvalue weighted by Crippen LogP contribution is 2.32. The van der Waals surface area contributed by atoms with Crippen LogP contribution in [0, 0.1) is 13.8 Å². The van der Waals surface area contributed by atoms with Crippen LogP contribution in [-0.2, 0) is 6.54 Å². The van der Waals surface area contributed by atoms with Gasteiger partial charge in [0.25, 0.3) is 5.91 Å². The Morgan fingerprint density at radius 2 is 2.14 bits per heavy atom. The van der Waals surface area contributed by atoms with Crippen LogP contribution in [0.5, 0.6) is 0 Å². The number of rotatable bonds is 4. The average molecular weight is 301 g/mol. The molecule has 1 fully saturated rings. The summed E-state index contributed by atoms with van der Waals surface area (Å²) in [7, 11) is 0. The number of aromatic amines is 1. The summed E-state index contributed by atoms with van der Waals surface area (Å²) in [6.45, 7) is 4.53. The minimum Gasteiger partial charge on any atom is -0.346 e. The van der Waals surface area contributed by atoms with Crippen LogP contribution in [-0.4, -0.2) is 25.9 Å². The molecule has 0 radical (unpaired) electrons. The molecule has 118 valence electrons. The van der Waals surface area contributed by atoms with Gasteiger partial charge >= 0.3 is 0 Å². The van der Waals surface area contributed by atoms with E-state index in [2.05, 4.69) is 32.2 Å². The summed E-state index contributed by atoms with van der Waals surface area (Å²) in [5, 5.41) is 13.1. The van der Waals surface area contributed by atoms with E-state index < -0.39 is 0 Å². The molecule has 0 aromatic carbocycles. The van der Waals surface area contributed by atoms with Crippen molar-refractivity contribution < 1.29 is 4.79 Å². The van der Waals surface area contributed by atoms with Crippen molar-refractivity contribution in [2.75, 3.05) is 0 Å². The second-order valence-electron chi connectivity index (χ2n) is 6.09. The minimum atomic E-state index is -0.0434. The molecule has 1 aliphatic rings. The van der Waals surface area contributed by atoms with Gasteiger partial charge in [0.15, 0.2) is 0 Å². The van der Waals surface area contributed by atoms with E-state index in [0.717, 1.165) is 17.0 Å². The highest BCUT2D eigenvalue weighted by Gasteiger charge is 2.22. The van der Waals surface area contributed by atoms with E-state index in [9.17, 15) is 4.79 Å². The summed E-state index contributed by atoms with van der Waals surface area (Å²) >= 11 is 0. The van der Waals surface area contributed by atoms with Gasteiger partial charge in [-0.2, -0.15) is 15.4 Å². The number of nitrogens with zero attached hydrogens (tertiary/aromatic N) is 3. The van der Waals surface area contributed by atoms with E-state index in [1.54, 1.807) is 6.20 Å². The Labute approximate surface area is 130 Å². The standard InChI is InChI=1S/C16H23N5O/c1-11-8-15(16(22)17-9-13-10-18-20-19-13)12(2)21(11)14-6-4-3-5-7-14/h8,10,14H,3-7,9H2,1-2H3,(H,17,22)(H,18,19,20). The van der Waals surface area contributed by atoms with Crippen molar-refractivity contribution in [1.29, 1.82) is 0 Å². The Morgan fingerprint density at radius 3 is 2.82 bits per heavy atom. The molecule has 2 N–H and O–H groups in total. The molecule has 0 saturated heterocycles. The number of aryl methyl sites for hydroxylation is 1. The quantitative estimate of drug-likeness (QED) is 0.911. The molecule has 2 heterocycles. The molecule has 0 aliphatic heterocycles. The highest BCUT2D eigenvalue weighted by molar-refractivity contribution is 5.95. The fraction of sp³-hybridized carbons (Fsp3) is 0.562. The molecule has 1 amide bonds. The summed E-state index contributed by atoms with van der Waals surface area (Å²) in [5.74, 6) is -0.0434. The Morgan fingerprint density at radius 1 is 1.36 bits per heavy atom. The van der Waals surface area contributed by atoms with Crippen LogP contribution in [0.3, 0.4) is 0 Å². The summed E-state index contributed by atoms with van der Waals surface area (Å²) in [4.78, 5) is 12.4. The summed E-state index contributed by atoms with van der Waals surface area (Å²) < 4.78 is 2.35. The molecule has 0 spiro atoms. The van der Waals surface area contributed by atoms with Gasteiger partial charge in [-0.05, 0) is 32.8 Å². The number of hydrogen-bond donors (Lipinski definition) is 2. The van der Waals surface area contributed by atoms with Gasteiger partial charge in [-0.25, -0.2) is 0 Å². The first-order valence-electron chi connectivity index (χ1n) is 7.98. The maximum absolute atomic E-state index is 12.4. The topological polar surface area (TPSA) is 75.6 Å². The molecule has 1 aliphatic carbocycles. The fourth-order valence-corrected chi connectivity index (χ4v) is 3.48. The van der Waals surface area contributed by atoms with E-state index >= 15 is 0 Å². The monoisotopic (exact) mass is 301 g/mol. The zero-order chi connectivity index (χ0) is 15.5. The summed E-state index contributed by atoms with van der Waals surface area (Å²) in [6, 6.07) is 2.55. The maximum Gasteiger partial charge on any atom is 0.253 e. The zero-order valence-corrected chi connectivity index (χ0v) is 13.2. The van der Waals surface area contributed by atoms with Gasteiger partial charge in [0.05, 0.1) is 18.3 Å². The van der Waals surface area contributed by atoms with Gasteiger partial charge in [0.2, 0.25) is 0 Å². The normalized spacial score (nSPS) is 15.9. The number of aromatic nitrogens is 4. The molecule has 6 heteroatoms. The van der Waals surface area contributed by atoms with Crippen LogP contribution in [0.25, 0.3) is 0 Å². The lowest BCUT2D eigenvalue weighted by Crippen LogP contribution is -2.24. The number of nitrogens with one attached hydrogen (secondary N) is 2. The Bertz CT molecular complexity index is 638. The van der Waals surface area contributed by atoms with E-state index in [4.69, 9.17) is 0 Å². The van der Waals surface area contributed by atoms with Crippen LogP contribution in [0.4, 0.5) is 0 Å². The molecular formula is C16H23N5O. The molecule has 6 nitrogen and oxygen atoms in total. The highest BCUT2D eigenvalue weighted by atomic mass is 16.1. The maximum atomic E-state index is 12.4. The van der Waals surface area contributed by atoms with Gasteiger partial charge in [0, 0.05) is 17.4 Å². The van der Waals surface area contributed by atoms with E-state index in [1.807, 2.05) is 13.0 Å². The Hall–Kier alpha value is -2.11. The lowest BCUT2D eigenvalue weighted by Gasteiger charge is -2.26. The fourth-order valence-electron chi connectivity index (χ4n) is 3.48. The molecule has 2 aromatic heterocycles. The Balaban J connectivity index is 1.74. The van der Waals surface area contributed by atoms with Gasteiger partial charge in [-0.15, -0.1) is 0 Å². The molecule has 1 saturated carbocycles. The third kappa shape index (κ3) is 2.91. The first-order valence-corrected chi connectivity index (χ1v) is 7.98. The molecular weight excluding hydrogens is 278 g/mol. The molecule has 0 atom stereocenters. The molecule has 0 bridgehead atoms. The van der Waals surface area contributed by atoms with Crippen molar-refractivity contribution in [3.8, 4) is 0 Å². The predicted octanol–water partition coefficient (Wildman–Crippen LogP) is 2.66. The summed E-state index contributed by atoms with van der Waals surface area (Å²) in [5.41, 5.74) is 3.75. The molecule has 2 aromatic rings. The van der Waals surface area contributed by atoms with Crippen LogP contribution < -0.4 is 5.32 Å². The predicted molar refractivity (Wildman–Crippen MR) is 83.6 cm³/mol. The van der Waals surface area contributed by atoms with Crippen LogP contribution in [0.2, 0.25) is 0 Å². The van der Waals surface area contributed by atoms with Gasteiger partial charge in [-0.3, -0.25) is 4.79 Å². The zero-order valence-electron chi connectivity index (χ0n) is 13.2. The van der Waals surface area contributed by atoms with Crippen molar-refractivity contribution in [3.05, 3.63) is 34.9 Å². The van der Waals surface area contributed by atoms with Crippen molar-refractivity contribution >= 4 is 5.91 Å².